The van der Waals surface area contributed by atoms with Gasteiger partial charge in [-0.15, -0.1) is 11.8 Å². The number of amides is 2. The Labute approximate surface area is 122 Å². The first-order valence-corrected chi connectivity index (χ1v) is 7.50. The zero-order valence-corrected chi connectivity index (χ0v) is 11.8. The highest BCUT2D eigenvalue weighted by atomic mass is 32.2. The standard InChI is InChI=1S/C15H15N3OS/c19-15(17-11-12-5-2-1-3-6-12)18-9-10-20-14-13(18)7-4-8-16-14/h1-8H,9-11H2,(H,17,19). The molecule has 1 aliphatic heterocycles. The summed E-state index contributed by atoms with van der Waals surface area (Å²) < 4.78 is 0. The quantitative estimate of drug-likeness (QED) is 0.922. The lowest BCUT2D eigenvalue weighted by molar-refractivity contribution is 0.246. The molecule has 102 valence electrons. The molecular formula is C15H15N3OS. The summed E-state index contributed by atoms with van der Waals surface area (Å²) in [5.74, 6) is 0.878. The Hall–Kier alpha value is -2.01. The van der Waals surface area contributed by atoms with Crippen molar-refractivity contribution in [1.29, 1.82) is 0 Å². The van der Waals surface area contributed by atoms with Crippen LogP contribution in [0, 0.1) is 0 Å². The maximum atomic E-state index is 12.3. The van der Waals surface area contributed by atoms with Crippen LogP contribution in [-0.2, 0) is 6.54 Å². The van der Waals surface area contributed by atoms with E-state index in [1.807, 2.05) is 42.5 Å². The largest absolute Gasteiger partial charge is 0.334 e. The first-order chi connectivity index (χ1) is 9.84. The Kier molecular flexibility index (Phi) is 3.87. The molecule has 0 unspecified atom stereocenters. The lowest BCUT2D eigenvalue weighted by Gasteiger charge is -2.28. The second kappa shape index (κ2) is 5.96. The Morgan fingerprint density at radius 2 is 2.10 bits per heavy atom. The summed E-state index contributed by atoms with van der Waals surface area (Å²) in [6, 6.07) is 13.7. The number of hydrogen-bond acceptors (Lipinski definition) is 3. The molecule has 1 aromatic carbocycles. The second-order valence-electron chi connectivity index (χ2n) is 4.47. The number of anilines is 1. The molecule has 2 amide bonds. The fourth-order valence-corrected chi connectivity index (χ4v) is 3.06. The van der Waals surface area contributed by atoms with E-state index in [-0.39, 0.29) is 6.03 Å². The fourth-order valence-electron chi connectivity index (χ4n) is 2.13. The number of nitrogens with one attached hydrogen (secondary N) is 1. The molecule has 3 rings (SSSR count). The van der Waals surface area contributed by atoms with Crippen LogP contribution in [-0.4, -0.2) is 23.3 Å². The number of fused-ring (bicyclic) bond motifs is 1. The molecule has 20 heavy (non-hydrogen) atoms. The molecule has 0 spiro atoms. The van der Waals surface area contributed by atoms with E-state index in [0.29, 0.717) is 13.1 Å². The molecule has 0 saturated carbocycles. The minimum Gasteiger partial charge on any atom is -0.334 e. The Morgan fingerprint density at radius 1 is 1.25 bits per heavy atom. The number of carbonyl (C=O) groups is 1. The van der Waals surface area contributed by atoms with E-state index in [0.717, 1.165) is 22.0 Å². The summed E-state index contributed by atoms with van der Waals surface area (Å²) >= 11 is 1.69. The first-order valence-electron chi connectivity index (χ1n) is 6.52. The van der Waals surface area contributed by atoms with E-state index in [1.54, 1.807) is 22.9 Å². The topological polar surface area (TPSA) is 45.2 Å². The van der Waals surface area contributed by atoms with Gasteiger partial charge in [0.15, 0.2) is 0 Å². The SMILES string of the molecule is O=C(NCc1ccccc1)N1CCSc2ncccc21. The van der Waals surface area contributed by atoms with Crippen LogP contribution >= 0.6 is 11.8 Å². The maximum absolute atomic E-state index is 12.3. The van der Waals surface area contributed by atoms with Crippen LogP contribution in [0.15, 0.2) is 53.7 Å². The number of hydrogen-bond donors (Lipinski definition) is 1. The highest BCUT2D eigenvalue weighted by molar-refractivity contribution is 7.99. The zero-order chi connectivity index (χ0) is 13.8. The van der Waals surface area contributed by atoms with E-state index in [2.05, 4.69) is 10.3 Å². The summed E-state index contributed by atoms with van der Waals surface area (Å²) in [5.41, 5.74) is 1.99. The van der Waals surface area contributed by atoms with Crippen LogP contribution in [0.3, 0.4) is 0 Å². The van der Waals surface area contributed by atoms with Crippen molar-refractivity contribution in [3.63, 3.8) is 0 Å². The van der Waals surface area contributed by atoms with Gasteiger partial charge >= 0.3 is 6.03 Å². The van der Waals surface area contributed by atoms with E-state index in [9.17, 15) is 4.79 Å². The van der Waals surface area contributed by atoms with Gasteiger partial charge in [0.1, 0.15) is 5.03 Å². The fraction of sp³-hybridized carbons (Fsp3) is 0.200. The van der Waals surface area contributed by atoms with Crippen molar-refractivity contribution in [2.45, 2.75) is 11.6 Å². The average Bonchev–Trinajstić information content (AvgIpc) is 2.53. The van der Waals surface area contributed by atoms with Gasteiger partial charge in [0.25, 0.3) is 0 Å². The average molecular weight is 285 g/mol. The molecule has 1 aromatic heterocycles. The molecule has 4 nitrogen and oxygen atoms in total. The van der Waals surface area contributed by atoms with Gasteiger partial charge in [0.2, 0.25) is 0 Å². The molecule has 2 heterocycles. The number of pyridine rings is 1. The van der Waals surface area contributed by atoms with Crippen LogP contribution < -0.4 is 10.2 Å². The highest BCUT2D eigenvalue weighted by Crippen LogP contribution is 2.32. The minimum absolute atomic E-state index is 0.0663. The van der Waals surface area contributed by atoms with E-state index < -0.39 is 0 Å². The third kappa shape index (κ3) is 2.77. The van der Waals surface area contributed by atoms with Gasteiger partial charge in [-0.2, -0.15) is 0 Å². The zero-order valence-electron chi connectivity index (χ0n) is 11.0. The molecule has 0 aliphatic carbocycles. The summed E-state index contributed by atoms with van der Waals surface area (Å²) in [4.78, 5) is 18.4. The highest BCUT2D eigenvalue weighted by Gasteiger charge is 2.23. The Balaban J connectivity index is 1.69. The summed E-state index contributed by atoms with van der Waals surface area (Å²) in [6.07, 6.45) is 1.76. The van der Waals surface area contributed by atoms with Crippen molar-refractivity contribution >= 4 is 23.5 Å². The maximum Gasteiger partial charge on any atom is 0.322 e. The van der Waals surface area contributed by atoms with Crippen LogP contribution in [0.4, 0.5) is 10.5 Å². The van der Waals surface area contributed by atoms with Crippen LogP contribution in [0.25, 0.3) is 0 Å². The van der Waals surface area contributed by atoms with Crippen molar-refractivity contribution < 1.29 is 4.79 Å². The lowest BCUT2D eigenvalue weighted by atomic mass is 10.2. The van der Waals surface area contributed by atoms with Crippen LogP contribution in [0.5, 0.6) is 0 Å². The Morgan fingerprint density at radius 3 is 2.95 bits per heavy atom. The lowest BCUT2D eigenvalue weighted by Crippen LogP contribution is -2.42. The number of nitrogens with zero attached hydrogens (tertiary/aromatic N) is 2. The number of urea groups is 1. The van der Waals surface area contributed by atoms with Gasteiger partial charge in [-0.1, -0.05) is 30.3 Å². The van der Waals surface area contributed by atoms with Gasteiger partial charge in [-0.05, 0) is 17.7 Å². The molecule has 0 atom stereocenters. The summed E-state index contributed by atoms with van der Waals surface area (Å²) in [6.45, 7) is 1.25. The number of rotatable bonds is 2. The van der Waals surface area contributed by atoms with E-state index in [4.69, 9.17) is 0 Å². The van der Waals surface area contributed by atoms with Gasteiger partial charge < -0.3 is 5.32 Å². The smallest absolute Gasteiger partial charge is 0.322 e. The van der Waals surface area contributed by atoms with Crippen molar-refractivity contribution in [1.82, 2.24) is 10.3 Å². The predicted octanol–water partition coefficient (Wildman–Crippen LogP) is 2.90. The molecule has 5 heteroatoms. The van der Waals surface area contributed by atoms with Gasteiger partial charge in [-0.25, -0.2) is 9.78 Å². The molecule has 2 aromatic rings. The van der Waals surface area contributed by atoms with Gasteiger partial charge in [-0.3, -0.25) is 4.90 Å². The Bertz CT molecular complexity index is 603. The predicted molar refractivity (Wildman–Crippen MR) is 81.0 cm³/mol. The normalized spacial score (nSPS) is 13.7. The number of carbonyl (C=O) groups excluding carboxylic acids is 1. The molecule has 0 fully saturated rings. The molecule has 0 saturated heterocycles. The van der Waals surface area contributed by atoms with Crippen LogP contribution in [0.2, 0.25) is 0 Å². The van der Waals surface area contributed by atoms with E-state index in [1.165, 1.54) is 0 Å². The van der Waals surface area contributed by atoms with Gasteiger partial charge in [0, 0.05) is 25.0 Å². The second-order valence-corrected chi connectivity index (χ2v) is 5.56. The van der Waals surface area contributed by atoms with Crippen molar-refractivity contribution in [3.05, 3.63) is 54.2 Å². The minimum atomic E-state index is -0.0663. The third-order valence-electron chi connectivity index (χ3n) is 3.13. The molecule has 1 aliphatic rings. The van der Waals surface area contributed by atoms with Crippen molar-refractivity contribution in [2.24, 2.45) is 0 Å². The van der Waals surface area contributed by atoms with Crippen molar-refractivity contribution in [3.8, 4) is 0 Å². The molecule has 0 bridgehead atoms. The van der Waals surface area contributed by atoms with E-state index >= 15 is 0 Å². The first kappa shape index (κ1) is 13.0. The molecule has 0 radical (unpaired) electrons. The molecule has 1 N–H and O–H groups in total. The van der Waals surface area contributed by atoms with Gasteiger partial charge in [0.05, 0.1) is 5.69 Å². The number of aromatic nitrogens is 1. The number of thioether (sulfide) groups is 1. The number of benzene rings is 1. The van der Waals surface area contributed by atoms with Crippen molar-refractivity contribution in [2.75, 3.05) is 17.2 Å². The summed E-state index contributed by atoms with van der Waals surface area (Å²) in [5, 5.41) is 3.88. The third-order valence-corrected chi connectivity index (χ3v) is 4.10. The summed E-state index contributed by atoms with van der Waals surface area (Å²) in [7, 11) is 0. The van der Waals surface area contributed by atoms with Crippen LogP contribution in [0.1, 0.15) is 5.56 Å². The molecular weight excluding hydrogens is 270 g/mol. The monoisotopic (exact) mass is 285 g/mol.